The zero-order valence-electron chi connectivity index (χ0n) is 9.02. The summed E-state index contributed by atoms with van der Waals surface area (Å²) in [7, 11) is 0. The highest BCUT2D eigenvalue weighted by molar-refractivity contribution is 5.95. The molecular weight excluding hydrogens is 200 g/mol. The molecule has 0 saturated heterocycles. The largest absolute Gasteiger partial charge is 0.500 e. The summed E-state index contributed by atoms with van der Waals surface area (Å²) in [5, 5.41) is 0. The predicted octanol–water partition coefficient (Wildman–Crippen LogP) is 0.889. The highest BCUT2D eigenvalue weighted by Gasteiger charge is 2.29. The molecule has 0 spiro atoms. The minimum atomic E-state index is -1.04. The van der Waals surface area contributed by atoms with Crippen molar-refractivity contribution < 1.29 is 23.8 Å². The molecule has 0 heterocycles. The lowest BCUT2D eigenvalue weighted by Gasteiger charge is -2.13. The maximum Gasteiger partial charge on any atom is 0.323 e. The van der Waals surface area contributed by atoms with E-state index in [4.69, 9.17) is 14.2 Å². The Morgan fingerprint density at radius 2 is 1.67 bits per heavy atom. The van der Waals surface area contributed by atoms with Crippen molar-refractivity contribution >= 4 is 11.9 Å². The lowest BCUT2D eigenvalue weighted by Crippen LogP contribution is -2.31. The molecule has 0 aliphatic carbocycles. The molecule has 0 atom stereocenters. The fraction of sp³-hybridized carbons (Fsp3) is 0.600. The molecular formula is C10H16O5. The van der Waals surface area contributed by atoms with Crippen molar-refractivity contribution in [1.29, 1.82) is 0 Å². The lowest BCUT2D eigenvalue weighted by atomic mass is 10.1. The van der Waals surface area contributed by atoms with Crippen molar-refractivity contribution in [1.82, 2.24) is 0 Å². The van der Waals surface area contributed by atoms with Crippen molar-refractivity contribution in [2.75, 3.05) is 19.8 Å². The number of hydrogen-bond acceptors (Lipinski definition) is 5. The van der Waals surface area contributed by atoms with Gasteiger partial charge in [-0.1, -0.05) is 6.58 Å². The van der Waals surface area contributed by atoms with Gasteiger partial charge in [0, 0.05) is 0 Å². The summed E-state index contributed by atoms with van der Waals surface area (Å²) in [5.74, 6) is -2.32. The van der Waals surface area contributed by atoms with Crippen LogP contribution < -0.4 is 0 Å². The van der Waals surface area contributed by atoms with Gasteiger partial charge < -0.3 is 14.2 Å². The third-order valence-corrected chi connectivity index (χ3v) is 1.52. The number of esters is 2. The average Bonchev–Trinajstić information content (AvgIpc) is 2.19. The van der Waals surface area contributed by atoms with E-state index >= 15 is 0 Å². The van der Waals surface area contributed by atoms with E-state index in [1.807, 2.05) is 0 Å². The number of hydrogen-bond donors (Lipinski definition) is 0. The second-order valence-electron chi connectivity index (χ2n) is 2.56. The van der Waals surface area contributed by atoms with Gasteiger partial charge in [0.1, 0.15) is 6.61 Å². The SMILES string of the molecule is C=COCC(C(=O)OCC)C(=O)OCC. The Bertz CT molecular complexity index is 206. The van der Waals surface area contributed by atoms with Gasteiger partial charge in [0.2, 0.25) is 0 Å². The van der Waals surface area contributed by atoms with Gasteiger partial charge in [0.15, 0.2) is 5.92 Å². The summed E-state index contributed by atoms with van der Waals surface area (Å²) >= 11 is 0. The van der Waals surface area contributed by atoms with Crippen molar-refractivity contribution in [2.24, 2.45) is 5.92 Å². The summed E-state index contributed by atoms with van der Waals surface area (Å²) in [6, 6.07) is 0. The predicted molar refractivity (Wildman–Crippen MR) is 52.9 cm³/mol. The fourth-order valence-corrected chi connectivity index (χ4v) is 0.882. The first kappa shape index (κ1) is 13.5. The van der Waals surface area contributed by atoms with Gasteiger partial charge in [-0.2, -0.15) is 0 Å². The normalized spacial score (nSPS) is 9.53. The molecule has 0 rings (SSSR count). The van der Waals surface area contributed by atoms with E-state index in [0.29, 0.717) is 0 Å². The van der Waals surface area contributed by atoms with Crippen molar-refractivity contribution in [2.45, 2.75) is 13.8 Å². The molecule has 0 fully saturated rings. The van der Waals surface area contributed by atoms with Crippen LogP contribution in [-0.4, -0.2) is 31.8 Å². The first-order valence-electron chi connectivity index (χ1n) is 4.73. The maximum absolute atomic E-state index is 11.3. The van der Waals surface area contributed by atoms with E-state index in [-0.39, 0.29) is 19.8 Å². The van der Waals surface area contributed by atoms with Gasteiger partial charge in [0.05, 0.1) is 19.5 Å². The molecule has 0 aromatic heterocycles. The average molecular weight is 216 g/mol. The fourth-order valence-electron chi connectivity index (χ4n) is 0.882. The van der Waals surface area contributed by atoms with Crippen LogP contribution in [0.3, 0.4) is 0 Å². The summed E-state index contributed by atoms with van der Waals surface area (Å²) in [5.41, 5.74) is 0. The minimum Gasteiger partial charge on any atom is -0.500 e. The molecule has 15 heavy (non-hydrogen) atoms. The van der Waals surface area contributed by atoms with E-state index in [1.54, 1.807) is 13.8 Å². The second kappa shape index (κ2) is 7.84. The van der Waals surface area contributed by atoms with Gasteiger partial charge in [0.25, 0.3) is 0 Å². The molecule has 0 bridgehead atoms. The van der Waals surface area contributed by atoms with E-state index in [0.717, 1.165) is 6.26 Å². The molecule has 0 unspecified atom stereocenters. The quantitative estimate of drug-likeness (QED) is 0.359. The van der Waals surface area contributed by atoms with Crippen LogP contribution in [0.1, 0.15) is 13.8 Å². The van der Waals surface area contributed by atoms with E-state index in [1.165, 1.54) is 0 Å². The topological polar surface area (TPSA) is 61.8 Å². The van der Waals surface area contributed by atoms with Crippen LogP contribution in [0.4, 0.5) is 0 Å². The Morgan fingerprint density at radius 3 is 2.00 bits per heavy atom. The van der Waals surface area contributed by atoms with Crippen LogP contribution >= 0.6 is 0 Å². The van der Waals surface area contributed by atoms with Gasteiger partial charge in [-0.15, -0.1) is 0 Å². The molecule has 0 aromatic rings. The maximum atomic E-state index is 11.3. The molecule has 5 nitrogen and oxygen atoms in total. The Morgan fingerprint density at radius 1 is 1.20 bits per heavy atom. The summed E-state index contributed by atoms with van der Waals surface area (Å²) in [6.07, 6.45) is 1.16. The molecule has 0 saturated carbocycles. The number of rotatable bonds is 7. The van der Waals surface area contributed by atoms with Crippen molar-refractivity contribution in [3.8, 4) is 0 Å². The van der Waals surface area contributed by atoms with Crippen molar-refractivity contribution in [3.63, 3.8) is 0 Å². The zero-order valence-corrected chi connectivity index (χ0v) is 9.02. The molecule has 0 aliphatic rings. The Labute approximate surface area is 89.0 Å². The lowest BCUT2D eigenvalue weighted by molar-refractivity contribution is -0.163. The molecule has 86 valence electrons. The minimum absolute atomic E-state index is 0.110. The highest BCUT2D eigenvalue weighted by Crippen LogP contribution is 2.04. The van der Waals surface area contributed by atoms with Gasteiger partial charge in [-0.25, -0.2) is 0 Å². The van der Waals surface area contributed by atoms with E-state index in [9.17, 15) is 9.59 Å². The Balaban J connectivity index is 4.34. The zero-order chi connectivity index (χ0) is 11.7. The van der Waals surface area contributed by atoms with Gasteiger partial charge in [-0.3, -0.25) is 9.59 Å². The molecule has 0 aliphatic heterocycles. The van der Waals surface area contributed by atoms with Gasteiger partial charge in [-0.05, 0) is 13.8 Å². The molecule has 0 amide bonds. The van der Waals surface area contributed by atoms with E-state index < -0.39 is 17.9 Å². The van der Waals surface area contributed by atoms with E-state index in [2.05, 4.69) is 6.58 Å². The smallest absolute Gasteiger partial charge is 0.323 e. The van der Waals surface area contributed by atoms with Crippen LogP contribution in [0, 0.1) is 5.92 Å². The number of ether oxygens (including phenoxy) is 3. The summed E-state index contributed by atoms with van der Waals surface area (Å²) < 4.78 is 14.2. The van der Waals surface area contributed by atoms with Crippen LogP contribution in [0.2, 0.25) is 0 Å². The van der Waals surface area contributed by atoms with Crippen molar-refractivity contribution in [3.05, 3.63) is 12.8 Å². The van der Waals surface area contributed by atoms with Crippen LogP contribution in [-0.2, 0) is 23.8 Å². The Hall–Kier alpha value is -1.52. The standard InChI is InChI=1S/C10H16O5/c1-4-13-7-8(9(11)14-5-2)10(12)15-6-3/h4,8H,1,5-7H2,2-3H3. The molecule has 0 aromatic carbocycles. The second-order valence-corrected chi connectivity index (χ2v) is 2.56. The summed E-state index contributed by atoms with van der Waals surface area (Å²) in [4.78, 5) is 22.7. The third kappa shape index (κ3) is 5.05. The third-order valence-electron chi connectivity index (χ3n) is 1.52. The monoisotopic (exact) mass is 216 g/mol. The van der Waals surface area contributed by atoms with Crippen LogP contribution in [0.25, 0.3) is 0 Å². The molecule has 0 radical (unpaired) electrons. The van der Waals surface area contributed by atoms with Crippen LogP contribution in [0.5, 0.6) is 0 Å². The summed E-state index contributed by atoms with van der Waals surface area (Å²) in [6.45, 7) is 6.95. The highest BCUT2D eigenvalue weighted by atomic mass is 16.6. The molecule has 5 heteroatoms. The van der Waals surface area contributed by atoms with Gasteiger partial charge >= 0.3 is 11.9 Å². The molecule has 0 N–H and O–H groups in total. The number of carbonyl (C=O) groups excluding carboxylic acids is 2. The first-order chi connectivity index (χ1) is 7.17. The van der Waals surface area contributed by atoms with Crippen LogP contribution in [0.15, 0.2) is 12.8 Å². The number of carbonyl (C=O) groups is 2. The Kier molecular flexibility index (Phi) is 7.05. The first-order valence-corrected chi connectivity index (χ1v) is 4.73.